The van der Waals surface area contributed by atoms with E-state index in [4.69, 9.17) is 5.73 Å². The van der Waals surface area contributed by atoms with Crippen LogP contribution in [0.4, 0.5) is 0 Å². The molecule has 0 bridgehead atoms. The van der Waals surface area contributed by atoms with Crippen LogP contribution in [0.25, 0.3) is 0 Å². The maximum absolute atomic E-state index is 12.2. The highest BCUT2D eigenvalue weighted by Gasteiger charge is 2.24. The van der Waals surface area contributed by atoms with E-state index < -0.39 is 0 Å². The van der Waals surface area contributed by atoms with Gasteiger partial charge in [-0.3, -0.25) is 4.79 Å². The Kier molecular flexibility index (Phi) is 7.09. The molecule has 0 aliphatic heterocycles. The predicted octanol–water partition coefficient (Wildman–Crippen LogP) is 2.92. The number of carbonyl (C=O) groups excluding carboxylic acids is 1. The Labute approximate surface area is 122 Å². The quantitative estimate of drug-likeness (QED) is 0.924. The first-order valence-electron chi connectivity index (χ1n) is 6.43. The number of benzene rings is 1. The third kappa shape index (κ3) is 4.51. The van der Waals surface area contributed by atoms with Crippen LogP contribution in [-0.2, 0) is 4.79 Å². The second-order valence-electron chi connectivity index (χ2n) is 5.18. The molecule has 0 saturated heterocycles. The van der Waals surface area contributed by atoms with Crippen molar-refractivity contribution in [3.05, 3.63) is 35.4 Å². The standard InChI is InChI=1S/C15H24N2O.ClH/c1-10-6-8-14(9-7-10)13(4)17(5)15(18)11(2)12(3)16;/h6-9,11-13H,16H2,1-5H3;1H. The number of carbonyl (C=O) groups is 1. The Morgan fingerprint density at radius 3 is 2.05 bits per heavy atom. The fourth-order valence-electron chi connectivity index (χ4n) is 1.81. The minimum atomic E-state index is -0.150. The Balaban J connectivity index is 0.00000324. The Morgan fingerprint density at radius 2 is 1.63 bits per heavy atom. The van der Waals surface area contributed by atoms with E-state index >= 15 is 0 Å². The van der Waals surface area contributed by atoms with Gasteiger partial charge in [-0.05, 0) is 26.3 Å². The van der Waals surface area contributed by atoms with E-state index in [0.29, 0.717) is 0 Å². The monoisotopic (exact) mass is 284 g/mol. The van der Waals surface area contributed by atoms with Gasteiger partial charge in [0.05, 0.1) is 12.0 Å². The lowest BCUT2D eigenvalue weighted by molar-refractivity contribution is -0.136. The van der Waals surface area contributed by atoms with E-state index in [1.54, 1.807) is 4.90 Å². The zero-order valence-corrected chi connectivity index (χ0v) is 13.2. The van der Waals surface area contributed by atoms with Gasteiger partial charge in [0.25, 0.3) is 0 Å². The van der Waals surface area contributed by atoms with Crippen LogP contribution >= 0.6 is 12.4 Å². The average molecular weight is 285 g/mol. The summed E-state index contributed by atoms with van der Waals surface area (Å²) in [6.07, 6.45) is 0. The van der Waals surface area contributed by atoms with Gasteiger partial charge in [-0.2, -0.15) is 0 Å². The molecule has 19 heavy (non-hydrogen) atoms. The lowest BCUT2D eigenvalue weighted by Crippen LogP contribution is -2.40. The van der Waals surface area contributed by atoms with Crippen LogP contribution in [0.1, 0.15) is 37.9 Å². The second-order valence-corrected chi connectivity index (χ2v) is 5.18. The summed E-state index contributed by atoms with van der Waals surface area (Å²) in [5, 5.41) is 0. The number of amides is 1. The van der Waals surface area contributed by atoms with E-state index in [-0.39, 0.29) is 36.3 Å². The zero-order valence-electron chi connectivity index (χ0n) is 12.4. The van der Waals surface area contributed by atoms with Crippen LogP contribution in [0, 0.1) is 12.8 Å². The summed E-state index contributed by atoms with van der Waals surface area (Å²) in [6, 6.07) is 8.23. The van der Waals surface area contributed by atoms with Crippen LogP contribution < -0.4 is 5.73 Å². The first kappa shape index (κ1) is 17.9. The van der Waals surface area contributed by atoms with Crippen LogP contribution in [0.3, 0.4) is 0 Å². The topological polar surface area (TPSA) is 46.3 Å². The summed E-state index contributed by atoms with van der Waals surface area (Å²) < 4.78 is 0. The highest BCUT2D eigenvalue weighted by molar-refractivity contribution is 5.85. The van der Waals surface area contributed by atoms with Crippen LogP contribution in [-0.4, -0.2) is 23.9 Å². The van der Waals surface area contributed by atoms with Gasteiger partial charge in [-0.1, -0.05) is 36.8 Å². The maximum atomic E-state index is 12.2. The third-order valence-electron chi connectivity index (χ3n) is 3.67. The maximum Gasteiger partial charge on any atom is 0.227 e. The molecule has 3 atom stereocenters. The lowest BCUT2D eigenvalue weighted by atomic mass is 10.00. The van der Waals surface area contributed by atoms with E-state index in [1.807, 2.05) is 27.8 Å². The van der Waals surface area contributed by atoms with Crippen molar-refractivity contribution in [2.75, 3.05) is 7.05 Å². The van der Waals surface area contributed by atoms with E-state index in [1.165, 1.54) is 5.56 Å². The van der Waals surface area contributed by atoms with Gasteiger partial charge in [0.15, 0.2) is 0 Å². The molecule has 0 saturated carbocycles. The van der Waals surface area contributed by atoms with Crippen molar-refractivity contribution >= 4 is 18.3 Å². The molecule has 1 aromatic carbocycles. The van der Waals surface area contributed by atoms with Crippen molar-refractivity contribution in [2.45, 2.75) is 39.8 Å². The average Bonchev–Trinajstić information content (AvgIpc) is 2.36. The van der Waals surface area contributed by atoms with E-state index in [0.717, 1.165) is 5.56 Å². The van der Waals surface area contributed by atoms with Crippen molar-refractivity contribution < 1.29 is 4.79 Å². The first-order valence-corrected chi connectivity index (χ1v) is 6.43. The van der Waals surface area contributed by atoms with Gasteiger partial charge in [0.2, 0.25) is 5.91 Å². The summed E-state index contributed by atoms with van der Waals surface area (Å²) in [4.78, 5) is 14.0. The number of rotatable bonds is 4. The van der Waals surface area contributed by atoms with E-state index in [2.05, 4.69) is 31.2 Å². The molecule has 1 aromatic rings. The molecule has 2 N–H and O–H groups in total. The van der Waals surface area contributed by atoms with Crippen LogP contribution in [0.5, 0.6) is 0 Å². The van der Waals surface area contributed by atoms with Gasteiger partial charge in [0.1, 0.15) is 0 Å². The molecule has 3 nitrogen and oxygen atoms in total. The number of hydrogen-bond donors (Lipinski definition) is 1. The summed E-state index contributed by atoms with van der Waals surface area (Å²) in [6.45, 7) is 7.84. The van der Waals surface area contributed by atoms with Gasteiger partial charge in [-0.15, -0.1) is 12.4 Å². The largest absolute Gasteiger partial charge is 0.339 e. The van der Waals surface area contributed by atoms with Gasteiger partial charge < -0.3 is 10.6 Å². The fraction of sp³-hybridized carbons (Fsp3) is 0.533. The Morgan fingerprint density at radius 1 is 1.16 bits per heavy atom. The van der Waals surface area contributed by atoms with Gasteiger partial charge in [-0.25, -0.2) is 0 Å². The molecule has 0 aromatic heterocycles. The van der Waals surface area contributed by atoms with Crippen molar-refractivity contribution in [2.24, 2.45) is 11.7 Å². The SMILES string of the molecule is Cc1ccc(C(C)N(C)C(=O)C(C)C(C)N)cc1.Cl. The Bertz CT molecular complexity index is 403. The van der Waals surface area contributed by atoms with Crippen molar-refractivity contribution in [1.29, 1.82) is 0 Å². The van der Waals surface area contributed by atoms with E-state index in [9.17, 15) is 4.79 Å². The molecule has 3 unspecified atom stereocenters. The molecule has 1 amide bonds. The molecule has 0 fully saturated rings. The van der Waals surface area contributed by atoms with Crippen LogP contribution in [0.15, 0.2) is 24.3 Å². The normalized spacial score (nSPS) is 15.1. The van der Waals surface area contributed by atoms with Gasteiger partial charge >= 0.3 is 0 Å². The minimum absolute atomic E-state index is 0. The molecule has 0 radical (unpaired) electrons. The molecule has 0 heterocycles. The van der Waals surface area contributed by atoms with Crippen molar-refractivity contribution in [1.82, 2.24) is 4.90 Å². The molecule has 4 heteroatoms. The molecule has 0 aliphatic rings. The number of nitrogens with zero attached hydrogens (tertiary/aromatic N) is 1. The summed E-state index contributed by atoms with van der Waals surface area (Å²) in [7, 11) is 1.84. The smallest absolute Gasteiger partial charge is 0.227 e. The zero-order chi connectivity index (χ0) is 13.9. The highest BCUT2D eigenvalue weighted by Crippen LogP contribution is 2.21. The summed E-state index contributed by atoms with van der Waals surface area (Å²) in [5.41, 5.74) is 8.16. The highest BCUT2D eigenvalue weighted by atomic mass is 35.5. The predicted molar refractivity (Wildman–Crippen MR) is 82.4 cm³/mol. The molecule has 1 rings (SSSR count). The Hall–Kier alpha value is -1.06. The molecule has 0 aliphatic carbocycles. The first-order chi connectivity index (χ1) is 8.34. The van der Waals surface area contributed by atoms with Crippen molar-refractivity contribution in [3.8, 4) is 0 Å². The molecular weight excluding hydrogens is 260 g/mol. The number of nitrogens with two attached hydrogens (primary N) is 1. The summed E-state index contributed by atoms with van der Waals surface area (Å²) in [5.74, 6) is -0.0547. The third-order valence-corrected chi connectivity index (χ3v) is 3.67. The molecular formula is C15H25ClN2O. The second kappa shape index (κ2) is 7.51. The minimum Gasteiger partial charge on any atom is -0.339 e. The lowest BCUT2D eigenvalue weighted by Gasteiger charge is -2.29. The van der Waals surface area contributed by atoms with Gasteiger partial charge in [0, 0.05) is 13.1 Å². The molecule has 0 spiro atoms. The number of halogens is 1. The van der Waals surface area contributed by atoms with Crippen molar-refractivity contribution in [3.63, 3.8) is 0 Å². The summed E-state index contributed by atoms with van der Waals surface area (Å²) >= 11 is 0. The molecule has 108 valence electrons. The number of aryl methyl sites for hydroxylation is 1. The van der Waals surface area contributed by atoms with Crippen LogP contribution in [0.2, 0.25) is 0 Å². The fourth-order valence-corrected chi connectivity index (χ4v) is 1.81. The number of hydrogen-bond acceptors (Lipinski definition) is 2.